The van der Waals surface area contributed by atoms with Gasteiger partial charge in [0.05, 0.1) is 34.4 Å². The first-order valence-corrected chi connectivity index (χ1v) is 28.8. The third-order valence-electron chi connectivity index (χ3n) is 11.4. The van der Waals surface area contributed by atoms with Crippen molar-refractivity contribution in [2.45, 2.75) is 225 Å². The van der Waals surface area contributed by atoms with Crippen molar-refractivity contribution in [2.24, 2.45) is 0 Å². The average molecular weight is 959 g/mol. The van der Waals surface area contributed by atoms with Crippen molar-refractivity contribution < 1.29 is 37.3 Å². The first kappa shape index (κ1) is 64.7. The number of esters is 1. The molecule has 2 atom stereocenters. The van der Waals surface area contributed by atoms with Crippen molar-refractivity contribution in [2.75, 3.05) is 54.1 Å². The number of likely N-dealkylation sites (N-methyl/N-ethyl adjacent to an activating group) is 1. The molecule has 0 saturated heterocycles. The number of nitrogens with zero attached hydrogens (tertiary/aromatic N) is 1. The predicted molar refractivity (Wildman–Crippen MR) is 288 cm³/mol. The Morgan fingerprint density at radius 3 is 1.30 bits per heavy atom. The van der Waals surface area contributed by atoms with Crippen LogP contribution in [0.5, 0.6) is 0 Å². The number of allylic oxidation sites excluding steroid dienone is 14. The van der Waals surface area contributed by atoms with E-state index in [-0.39, 0.29) is 25.8 Å². The lowest BCUT2D eigenvalue weighted by Gasteiger charge is -2.24. The minimum absolute atomic E-state index is 0.0802. The lowest BCUT2D eigenvalue weighted by Crippen LogP contribution is -2.37. The molecule has 388 valence electrons. The number of carbonyl (C=O) groups is 1. The molecule has 0 amide bonds. The van der Waals surface area contributed by atoms with Gasteiger partial charge in [-0.05, 0) is 89.9 Å². The molecule has 8 nitrogen and oxygen atoms in total. The minimum Gasteiger partial charge on any atom is -0.457 e. The molecular weight excluding hydrogens is 854 g/mol. The summed E-state index contributed by atoms with van der Waals surface area (Å²) in [5, 5.41) is 0. The van der Waals surface area contributed by atoms with Crippen LogP contribution in [0.25, 0.3) is 0 Å². The third kappa shape index (κ3) is 54.5. The Bertz CT molecular complexity index is 1340. The second kappa shape index (κ2) is 50.1. The van der Waals surface area contributed by atoms with Crippen molar-refractivity contribution in [3.05, 3.63) is 85.1 Å². The van der Waals surface area contributed by atoms with Crippen LogP contribution in [0.1, 0.15) is 219 Å². The van der Waals surface area contributed by atoms with Crippen molar-refractivity contribution in [3.8, 4) is 0 Å². The fraction of sp³-hybridized carbons (Fsp3) is 0.741. The van der Waals surface area contributed by atoms with Gasteiger partial charge in [-0.2, -0.15) is 0 Å². The van der Waals surface area contributed by atoms with E-state index in [0.717, 1.165) is 89.9 Å². The molecule has 0 aliphatic carbocycles. The molecule has 0 spiro atoms. The second-order valence-electron chi connectivity index (χ2n) is 19.2. The van der Waals surface area contributed by atoms with Crippen LogP contribution in [0, 0.1) is 0 Å². The van der Waals surface area contributed by atoms with E-state index in [9.17, 15) is 14.3 Å². The molecule has 0 radical (unpaired) electrons. The molecule has 0 bridgehead atoms. The van der Waals surface area contributed by atoms with Gasteiger partial charge in [0.2, 0.25) is 0 Å². The van der Waals surface area contributed by atoms with E-state index in [2.05, 4.69) is 98.9 Å². The maximum atomic E-state index is 12.8. The predicted octanol–water partition coefficient (Wildman–Crippen LogP) is 17.2. The summed E-state index contributed by atoms with van der Waals surface area (Å²) in [5.41, 5.74) is 0. The summed E-state index contributed by atoms with van der Waals surface area (Å²) >= 11 is 0. The van der Waals surface area contributed by atoms with Gasteiger partial charge in [-0.3, -0.25) is 13.8 Å². The highest BCUT2D eigenvalue weighted by atomic mass is 31.2. The Hall–Kier alpha value is -2.32. The molecule has 9 heteroatoms. The average Bonchev–Trinajstić information content (AvgIpc) is 3.29. The lowest BCUT2D eigenvalue weighted by atomic mass is 10.0. The largest absolute Gasteiger partial charge is 0.472 e. The number of hydrogen-bond acceptors (Lipinski definition) is 6. The number of unbranched alkanes of at least 4 members (excludes halogenated alkanes) is 22. The molecule has 1 N–H and O–H groups in total. The second-order valence-corrected chi connectivity index (χ2v) is 20.7. The van der Waals surface area contributed by atoms with E-state index in [0.29, 0.717) is 24.1 Å². The maximum Gasteiger partial charge on any atom is 0.472 e. The van der Waals surface area contributed by atoms with Gasteiger partial charge in [-0.15, -0.1) is 0 Å². The van der Waals surface area contributed by atoms with Crippen LogP contribution < -0.4 is 0 Å². The van der Waals surface area contributed by atoms with Crippen LogP contribution in [-0.4, -0.2) is 75.6 Å². The highest BCUT2D eigenvalue weighted by Gasteiger charge is 2.26. The van der Waals surface area contributed by atoms with Crippen LogP contribution >= 0.6 is 7.82 Å². The van der Waals surface area contributed by atoms with Gasteiger partial charge in [0, 0.05) is 13.0 Å². The van der Waals surface area contributed by atoms with Crippen molar-refractivity contribution >= 4 is 13.8 Å². The van der Waals surface area contributed by atoms with Crippen LogP contribution in [0.2, 0.25) is 0 Å². The molecule has 0 fully saturated rings. The van der Waals surface area contributed by atoms with Crippen molar-refractivity contribution in [1.82, 2.24) is 0 Å². The van der Waals surface area contributed by atoms with Crippen molar-refractivity contribution in [1.29, 1.82) is 0 Å². The fourth-order valence-electron chi connectivity index (χ4n) is 7.26. The molecule has 67 heavy (non-hydrogen) atoms. The SMILES string of the molecule is CC/C=C\C/C=C\C/C=C\C/C=C\C/C=C\CCCCCCCC(=O)OC(COCCCCCCCCCCCCCC/C=C\C/C=C\CCCCCCC)COP(=O)(O)OCC[N+](C)(C)C. The lowest BCUT2D eigenvalue weighted by molar-refractivity contribution is -0.870. The molecule has 0 aliphatic rings. The zero-order valence-corrected chi connectivity index (χ0v) is 45.0. The quantitative estimate of drug-likeness (QED) is 0.0213. The molecule has 0 aromatic rings. The summed E-state index contributed by atoms with van der Waals surface area (Å²) in [6.07, 6.45) is 67.8. The molecule has 0 aromatic carbocycles. The Kier molecular flexibility index (Phi) is 48.3. The number of carbonyl (C=O) groups excluding carboxylic acids is 1. The monoisotopic (exact) mass is 959 g/mol. The summed E-state index contributed by atoms with van der Waals surface area (Å²) < 4.78 is 35.2. The summed E-state index contributed by atoms with van der Waals surface area (Å²) in [7, 11) is 1.64. The summed E-state index contributed by atoms with van der Waals surface area (Å²) in [6, 6.07) is 0. The molecule has 0 saturated carbocycles. The van der Waals surface area contributed by atoms with Crippen LogP contribution in [0.15, 0.2) is 85.1 Å². The zero-order chi connectivity index (χ0) is 49.0. The number of phosphoric ester groups is 1. The van der Waals surface area contributed by atoms with Gasteiger partial charge in [0.1, 0.15) is 19.3 Å². The number of hydrogen-bond donors (Lipinski definition) is 1. The first-order valence-electron chi connectivity index (χ1n) is 27.3. The van der Waals surface area contributed by atoms with E-state index in [4.69, 9.17) is 18.5 Å². The smallest absolute Gasteiger partial charge is 0.457 e. The highest BCUT2D eigenvalue weighted by Crippen LogP contribution is 2.43. The standard InChI is InChI=1S/C58H104NO7P/c1-6-8-10-12-14-16-18-20-22-24-26-28-29-30-32-34-36-38-40-42-44-46-48-50-53-63-55-57(56-65-67(61,62)64-54-52-59(3,4)5)66-58(60)51-49-47-45-43-41-39-37-35-33-31-27-25-23-21-19-17-15-13-11-9-7-2/h9,11,15,17-18,20-21,23-24,26-27,31,35,37,57H,6-8,10,12-14,16,19,22,25,28-30,32-34,36,38-56H2,1-5H3/p+1/b11-9-,17-15-,20-18-,23-21-,26-24-,31-27-,37-35-. The van der Waals surface area contributed by atoms with Crippen LogP contribution in [0.4, 0.5) is 0 Å². The van der Waals surface area contributed by atoms with Crippen LogP contribution in [-0.2, 0) is 27.9 Å². The molecular formula is C58H105NO7P+. The first-order chi connectivity index (χ1) is 32.6. The number of quaternary nitrogens is 1. The Morgan fingerprint density at radius 2 is 0.866 bits per heavy atom. The number of phosphoric acid groups is 1. The Labute approximate surface area is 414 Å². The van der Waals surface area contributed by atoms with Gasteiger partial charge < -0.3 is 18.9 Å². The zero-order valence-electron chi connectivity index (χ0n) is 44.1. The molecule has 0 aromatic heterocycles. The van der Waals surface area contributed by atoms with E-state index in [1.165, 1.54) is 109 Å². The van der Waals surface area contributed by atoms with E-state index < -0.39 is 13.9 Å². The minimum atomic E-state index is -4.29. The summed E-state index contributed by atoms with van der Waals surface area (Å²) in [5.74, 6) is -0.333. The van der Waals surface area contributed by atoms with Crippen LogP contribution in [0.3, 0.4) is 0 Å². The van der Waals surface area contributed by atoms with Gasteiger partial charge in [-0.25, -0.2) is 4.57 Å². The highest BCUT2D eigenvalue weighted by molar-refractivity contribution is 7.47. The third-order valence-corrected chi connectivity index (χ3v) is 12.4. The summed E-state index contributed by atoms with van der Waals surface area (Å²) in [6.45, 7) is 5.47. The summed E-state index contributed by atoms with van der Waals surface area (Å²) in [4.78, 5) is 23.0. The van der Waals surface area contributed by atoms with Gasteiger partial charge in [0.15, 0.2) is 0 Å². The topological polar surface area (TPSA) is 91.3 Å². The normalized spacial score (nSPS) is 14.2. The molecule has 0 heterocycles. The van der Waals surface area contributed by atoms with E-state index in [1.807, 2.05) is 21.1 Å². The molecule has 0 aliphatic heterocycles. The molecule has 0 rings (SSSR count). The van der Waals surface area contributed by atoms with Gasteiger partial charge in [0.25, 0.3) is 0 Å². The van der Waals surface area contributed by atoms with Crippen molar-refractivity contribution in [3.63, 3.8) is 0 Å². The van der Waals surface area contributed by atoms with Gasteiger partial charge in [-0.1, -0.05) is 208 Å². The maximum absolute atomic E-state index is 12.8. The Morgan fingerprint density at radius 1 is 0.478 bits per heavy atom. The fourth-order valence-corrected chi connectivity index (χ4v) is 8.00. The Balaban J connectivity index is 4.16. The van der Waals surface area contributed by atoms with E-state index in [1.54, 1.807) is 0 Å². The molecule has 2 unspecified atom stereocenters. The van der Waals surface area contributed by atoms with E-state index >= 15 is 0 Å². The van der Waals surface area contributed by atoms with Gasteiger partial charge >= 0.3 is 13.8 Å². The number of rotatable bonds is 50. The number of ether oxygens (including phenoxy) is 2.